The van der Waals surface area contributed by atoms with Gasteiger partial charge in [-0.25, -0.2) is 4.79 Å². The smallest absolute Gasteiger partial charge is 0.375 e. The molecule has 1 N–H and O–H groups in total. The zero-order valence-electron chi connectivity index (χ0n) is 13.8. The number of carbonyl (C=O) groups is 2. The SMILES string of the molecule is COc1ccc(NC(=O)[C@H](C)OC(=O)c2cc3ccccc3o2)cc1. The number of carbonyl (C=O) groups excluding carboxylic acids is 2. The number of para-hydroxylation sites is 1. The number of esters is 1. The molecule has 0 fully saturated rings. The minimum Gasteiger partial charge on any atom is -0.497 e. The second-order valence-corrected chi connectivity index (χ2v) is 5.41. The number of fused-ring (bicyclic) bond motifs is 1. The van der Waals surface area contributed by atoms with Gasteiger partial charge in [-0.05, 0) is 43.3 Å². The number of furan rings is 1. The van der Waals surface area contributed by atoms with Gasteiger partial charge in [0.15, 0.2) is 6.10 Å². The van der Waals surface area contributed by atoms with Gasteiger partial charge < -0.3 is 19.2 Å². The lowest BCUT2D eigenvalue weighted by molar-refractivity contribution is -0.123. The lowest BCUT2D eigenvalue weighted by atomic mass is 10.2. The predicted octanol–water partition coefficient (Wildman–Crippen LogP) is 3.63. The maximum absolute atomic E-state index is 12.2. The van der Waals surface area contributed by atoms with Gasteiger partial charge >= 0.3 is 5.97 Å². The highest BCUT2D eigenvalue weighted by molar-refractivity contribution is 5.98. The number of nitrogens with one attached hydrogen (secondary N) is 1. The Morgan fingerprint density at radius 2 is 1.80 bits per heavy atom. The summed E-state index contributed by atoms with van der Waals surface area (Å²) in [6, 6.07) is 15.7. The number of amides is 1. The van der Waals surface area contributed by atoms with Gasteiger partial charge in [0.2, 0.25) is 5.76 Å². The molecule has 128 valence electrons. The van der Waals surface area contributed by atoms with E-state index in [4.69, 9.17) is 13.9 Å². The van der Waals surface area contributed by atoms with Crippen LogP contribution in [0.1, 0.15) is 17.5 Å². The fraction of sp³-hybridized carbons (Fsp3) is 0.158. The Labute approximate surface area is 144 Å². The third-order valence-corrected chi connectivity index (χ3v) is 3.64. The summed E-state index contributed by atoms with van der Waals surface area (Å²) in [7, 11) is 1.56. The lowest BCUT2D eigenvalue weighted by Gasteiger charge is -2.13. The molecule has 0 radical (unpaired) electrons. The number of methoxy groups -OCH3 is 1. The van der Waals surface area contributed by atoms with E-state index in [0.29, 0.717) is 17.0 Å². The molecule has 25 heavy (non-hydrogen) atoms. The third kappa shape index (κ3) is 3.80. The van der Waals surface area contributed by atoms with Crippen molar-refractivity contribution < 1.29 is 23.5 Å². The van der Waals surface area contributed by atoms with Crippen LogP contribution in [0, 0.1) is 0 Å². The molecule has 0 unspecified atom stereocenters. The van der Waals surface area contributed by atoms with Gasteiger partial charge in [-0.1, -0.05) is 18.2 Å². The Kier molecular flexibility index (Phi) is 4.70. The highest BCUT2D eigenvalue weighted by Crippen LogP contribution is 2.20. The van der Waals surface area contributed by atoms with Crippen molar-refractivity contribution in [2.45, 2.75) is 13.0 Å². The summed E-state index contributed by atoms with van der Waals surface area (Å²) in [6.07, 6.45) is -0.970. The Morgan fingerprint density at radius 3 is 2.48 bits per heavy atom. The van der Waals surface area contributed by atoms with Gasteiger partial charge in [-0.3, -0.25) is 4.79 Å². The standard InChI is InChI=1S/C19H17NO5/c1-12(18(21)20-14-7-9-15(23-2)10-8-14)24-19(22)17-11-13-5-3-4-6-16(13)25-17/h3-12H,1-2H3,(H,20,21)/t12-/m0/s1. The zero-order chi connectivity index (χ0) is 17.8. The van der Waals surface area contributed by atoms with Gasteiger partial charge in [0.1, 0.15) is 11.3 Å². The van der Waals surface area contributed by atoms with Crippen molar-refractivity contribution in [3.63, 3.8) is 0 Å². The molecule has 3 aromatic rings. The van der Waals surface area contributed by atoms with Crippen LogP contribution in [-0.2, 0) is 9.53 Å². The van der Waals surface area contributed by atoms with Crippen molar-refractivity contribution in [2.75, 3.05) is 12.4 Å². The largest absolute Gasteiger partial charge is 0.497 e. The number of ether oxygens (including phenoxy) is 2. The number of hydrogen-bond acceptors (Lipinski definition) is 5. The molecule has 3 rings (SSSR count). The number of anilines is 1. The summed E-state index contributed by atoms with van der Waals surface area (Å²) in [5, 5.41) is 3.47. The lowest BCUT2D eigenvalue weighted by Crippen LogP contribution is -2.29. The molecule has 0 saturated heterocycles. The topological polar surface area (TPSA) is 77.8 Å². The first-order valence-electron chi connectivity index (χ1n) is 7.71. The van der Waals surface area contributed by atoms with Gasteiger partial charge in [0, 0.05) is 11.1 Å². The number of hydrogen-bond donors (Lipinski definition) is 1. The van der Waals surface area contributed by atoms with E-state index in [1.54, 1.807) is 43.5 Å². The average molecular weight is 339 g/mol. The number of benzene rings is 2. The van der Waals surface area contributed by atoms with Crippen LogP contribution in [0.3, 0.4) is 0 Å². The summed E-state index contributed by atoms with van der Waals surface area (Å²) >= 11 is 0. The first-order valence-corrected chi connectivity index (χ1v) is 7.71. The van der Waals surface area contributed by atoms with E-state index in [0.717, 1.165) is 5.39 Å². The highest BCUT2D eigenvalue weighted by Gasteiger charge is 2.21. The average Bonchev–Trinajstić information content (AvgIpc) is 3.06. The summed E-state index contributed by atoms with van der Waals surface area (Å²) in [5.41, 5.74) is 1.17. The Balaban J connectivity index is 1.62. The van der Waals surface area contributed by atoms with E-state index in [1.165, 1.54) is 6.92 Å². The molecule has 0 bridgehead atoms. The van der Waals surface area contributed by atoms with E-state index >= 15 is 0 Å². The minimum atomic E-state index is -0.970. The van der Waals surface area contributed by atoms with E-state index in [2.05, 4.69) is 5.32 Å². The maximum atomic E-state index is 12.2. The van der Waals surface area contributed by atoms with Crippen LogP contribution in [0.15, 0.2) is 59.0 Å². The van der Waals surface area contributed by atoms with Crippen LogP contribution in [0.4, 0.5) is 5.69 Å². The summed E-state index contributed by atoms with van der Waals surface area (Å²) < 4.78 is 15.7. The molecule has 0 saturated carbocycles. The zero-order valence-corrected chi connectivity index (χ0v) is 13.8. The van der Waals surface area contributed by atoms with E-state index in [9.17, 15) is 9.59 Å². The Morgan fingerprint density at radius 1 is 1.08 bits per heavy atom. The van der Waals surface area contributed by atoms with Crippen LogP contribution in [0.5, 0.6) is 5.75 Å². The van der Waals surface area contributed by atoms with Crippen molar-refractivity contribution >= 4 is 28.5 Å². The molecule has 0 spiro atoms. The second-order valence-electron chi connectivity index (χ2n) is 5.41. The predicted molar refractivity (Wildman–Crippen MR) is 92.7 cm³/mol. The van der Waals surface area contributed by atoms with E-state index < -0.39 is 18.0 Å². The molecule has 6 heteroatoms. The van der Waals surface area contributed by atoms with Gasteiger partial charge in [-0.15, -0.1) is 0 Å². The molecule has 0 aliphatic heterocycles. The van der Waals surface area contributed by atoms with Crippen molar-refractivity contribution in [1.82, 2.24) is 0 Å². The second kappa shape index (κ2) is 7.09. The highest BCUT2D eigenvalue weighted by atomic mass is 16.6. The fourth-order valence-corrected chi connectivity index (χ4v) is 2.27. The number of rotatable bonds is 5. The van der Waals surface area contributed by atoms with Gasteiger partial charge in [0.05, 0.1) is 7.11 Å². The van der Waals surface area contributed by atoms with Crippen LogP contribution in [0.2, 0.25) is 0 Å². The molecule has 6 nitrogen and oxygen atoms in total. The summed E-state index contributed by atoms with van der Waals surface area (Å²) in [5.74, 6) is -0.379. The monoisotopic (exact) mass is 339 g/mol. The van der Waals surface area contributed by atoms with Crippen molar-refractivity contribution in [3.05, 3.63) is 60.4 Å². The van der Waals surface area contributed by atoms with Crippen LogP contribution in [-0.4, -0.2) is 25.1 Å². The molecule has 0 aliphatic rings. The molecule has 1 aromatic heterocycles. The van der Waals surface area contributed by atoms with E-state index in [1.807, 2.05) is 18.2 Å². The summed E-state index contributed by atoms with van der Waals surface area (Å²) in [6.45, 7) is 1.50. The fourth-order valence-electron chi connectivity index (χ4n) is 2.27. The van der Waals surface area contributed by atoms with Crippen LogP contribution < -0.4 is 10.1 Å². The third-order valence-electron chi connectivity index (χ3n) is 3.64. The Hall–Kier alpha value is -3.28. The maximum Gasteiger partial charge on any atom is 0.375 e. The molecule has 1 heterocycles. The summed E-state index contributed by atoms with van der Waals surface area (Å²) in [4.78, 5) is 24.3. The van der Waals surface area contributed by atoms with Crippen LogP contribution in [0.25, 0.3) is 11.0 Å². The van der Waals surface area contributed by atoms with Gasteiger partial charge in [0.25, 0.3) is 5.91 Å². The molecule has 1 amide bonds. The normalized spacial score (nSPS) is 11.8. The van der Waals surface area contributed by atoms with Crippen molar-refractivity contribution in [2.24, 2.45) is 0 Å². The minimum absolute atomic E-state index is 0.0605. The van der Waals surface area contributed by atoms with Crippen molar-refractivity contribution in [3.8, 4) is 5.75 Å². The van der Waals surface area contributed by atoms with Gasteiger partial charge in [-0.2, -0.15) is 0 Å². The molecular formula is C19H17NO5. The quantitative estimate of drug-likeness (QED) is 0.718. The van der Waals surface area contributed by atoms with Crippen LogP contribution >= 0.6 is 0 Å². The van der Waals surface area contributed by atoms with Crippen molar-refractivity contribution in [1.29, 1.82) is 0 Å². The molecule has 0 aliphatic carbocycles. The Bertz CT molecular complexity index is 865. The molecule has 1 atom stereocenters. The first-order chi connectivity index (χ1) is 12.1. The van der Waals surface area contributed by atoms with E-state index in [-0.39, 0.29) is 5.76 Å². The molecular weight excluding hydrogens is 322 g/mol. The first kappa shape index (κ1) is 16.6. The molecule has 2 aromatic carbocycles.